The second kappa shape index (κ2) is 10.0. The van der Waals surface area contributed by atoms with Crippen molar-refractivity contribution >= 4 is 24.0 Å². The Bertz CT molecular complexity index is 758. The quantitative estimate of drug-likeness (QED) is 0.778. The van der Waals surface area contributed by atoms with Crippen molar-refractivity contribution in [3.05, 3.63) is 52.5 Å². The molecule has 1 heterocycles. The van der Waals surface area contributed by atoms with Gasteiger partial charge in [0.05, 0.1) is 32.4 Å². The summed E-state index contributed by atoms with van der Waals surface area (Å²) >= 11 is 6.38. The molecule has 0 saturated carbocycles. The Morgan fingerprint density at radius 3 is 2.52 bits per heavy atom. The largest absolute Gasteiger partial charge is 0.496 e. The number of ether oxygens (including phenoxy) is 3. The second-order valence-electron chi connectivity index (χ2n) is 6.25. The highest BCUT2D eigenvalue weighted by Gasteiger charge is 2.26. The Morgan fingerprint density at radius 2 is 1.81 bits per heavy atom. The number of benzene rings is 2. The lowest BCUT2D eigenvalue weighted by molar-refractivity contribution is 0.151. The SMILES string of the molecule is COc1ccccc1C1CNCCN1Cc1cc(Cl)c(OC)c(OC)c1.Cl. The van der Waals surface area contributed by atoms with Crippen LogP contribution < -0.4 is 19.5 Å². The van der Waals surface area contributed by atoms with Crippen LogP contribution >= 0.6 is 24.0 Å². The topological polar surface area (TPSA) is 43.0 Å². The first-order chi connectivity index (χ1) is 12.7. The minimum absolute atomic E-state index is 0. The highest BCUT2D eigenvalue weighted by atomic mass is 35.5. The molecular formula is C20H26Cl2N2O3. The van der Waals surface area contributed by atoms with Gasteiger partial charge in [-0.05, 0) is 23.8 Å². The van der Waals surface area contributed by atoms with Gasteiger partial charge in [-0.2, -0.15) is 0 Å². The fourth-order valence-electron chi connectivity index (χ4n) is 3.48. The number of piperazine rings is 1. The van der Waals surface area contributed by atoms with E-state index in [2.05, 4.69) is 22.3 Å². The molecule has 1 aliphatic rings. The van der Waals surface area contributed by atoms with E-state index in [1.54, 1.807) is 21.3 Å². The van der Waals surface area contributed by atoms with Crippen molar-refractivity contribution in [3.8, 4) is 17.2 Å². The monoisotopic (exact) mass is 412 g/mol. The predicted molar refractivity (Wildman–Crippen MR) is 111 cm³/mol. The van der Waals surface area contributed by atoms with Crippen molar-refractivity contribution in [2.24, 2.45) is 0 Å². The molecule has 1 aliphatic heterocycles. The van der Waals surface area contributed by atoms with Crippen LogP contribution in [0.2, 0.25) is 5.02 Å². The van der Waals surface area contributed by atoms with Crippen LogP contribution in [0.25, 0.3) is 0 Å². The number of rotatable bonds is 6. The summed E-state index contributed by atoms with van der Waals surface area (Å²) in [5.74, 6) is 2.13. The average molecular weight is 413 g/mol. The van der Waals surface area contributed by atoms with Gasteiger partial charge in [-0.1, -0.05) is 29.8 Å². The van der Waals surface area contributed by atoms with Crippen LogP contribution in [-0.2, 0) is 6.54 Å². The number of para-hydroxylation sites is 1. The van der Waals surface area contributed by atoms with Gasteiger partial charge in [0.1, 0.15) is 5.75 Å². The maximum atomic E-state index is 6.38. The first kappa shape index (κ1) is 21.6. The Morgan fingerprint density at radius 1 is 1.07 bits per heavy atom. The zero-order valence-corrected chi connectivity index (χ0v) is 17.4. The van der Waals surface area contributed by atoms with Crippen LogP contribution in [0.15, 0.2) is 36.4 Å². The van der Waals surface area contributed by atoms with E-state index in [1.807, 2.05) is 24.3 Å². The number of nitrogens with zero attached hydrogens (tertiary/aromatic N) is 1. The van der Waals surface area contributed by atoms with Gasteiger partial charge in [0, 0.05) is 31.7 Å². The van der Waals surface area contributed by atoms with E-state index in [-0.39, 0.29) is 18.4 Å². The van der Waals surface area contributed by atoms with E-state index >= 15 is 0 Å². The summed E-state index contributed by atoms with van der Waals surface area (Å²) in [6.45, 7) is 3.53. The molecule has 2 aromatic carbocycles. The molecular weight excluding hydrogens is 387 g/mol. The summed E-state index contributed by atoms with van der Waals surface area (Å²) in [5.41, 5.74) is 2.28. The van der Waals surface area contributed by atoms with Gasteiger partial charge in [0.2, 0.25) is 0 Å². The fourth-order valence-corrected chi connectivity index (χ4v) is 3.79. The minimum Gasteiger partial charge on any atom is -0.496 e. The van der Waals surface area contributed by atoms with E-state index in [4.69, 9.17) is 25.8 Å². The molecule has 0 aromatic heterocycles. The normalized spacial score (nSPS) is 17.1. The van der Waals surface area contributed by atoms with Crippen molar-refractivity contribution in [2.45, 2.75) is 12.6 Å². The van der Waals surface area contributed by atoms with Gasteiger partial charge in [0.15, 0.2) is 11.5 Å². The number of halogens is 2. The van der Waals surface area contributed by atoms with Gasteiger partial charge in [-0.25, -0.2) is 0 Å². The Hall–Kier alpha value is -1.66. The molecule has 1 atom stereocenters. The van der Waals surface area contributed by atoms with Crippen molar-refractivity contribution in [1.29, 1.82) is 0 Å². The van der Waals surface area contributed by atoms with E-state index < -0.39 is 0 Å². The predicted octanol–water partition coefficient (Wildman–Crippen LogP) is 3.93. The van der Waals surface area contributed by atoms with Crippen LogP contribution in [0, 0.1) is 0 Å². The number of methoxy groups -OCH3 is 3. The first-order valence-corrected chi connectivity index (χ1v) is 9.03. The third kappa shape index (κ3) is 4.79. The van der Waals surface area contributed by atoms with Gasteiger partial charge in [-0.3, -0.25) is 4.90 Å². The van der Waals surface area contributed by atoms with Crippen LogP contribution in [0.4, 0.5) is 0 Å². The van der Waals surface area contributed by atoms with Gasteiger partial charge < -0.3 is 19.5 Å². The molecule has 0 aliphatic carbocycles. The number of hydrogen-bond donors (Lipinski definition) is 1. The van der Waals surface area contributed by atoms with Crippen molar-refractivity contribution in [2.75, 3.05) is 41.0 Å². The Kier molecular flexibility index (Phi) is 8.05. The molecule has 1 unspecified atom stereocenters. The van der Waals surface area contributed by atoms with Crippen molar-refractivity contribution in [1.82, 2.24) is 10.2 Å². The molecule has 3 rings (SSSR count). The highest BCUT2D eigenvalue weighted by Crippen LogP contribution is 2.37. The maximum Gasteiger partial charge on any atom is 0.179 e. The molecule has 0 amide bonds. The zero-order valence-electron chi connectivity index (χ0n) is 15.8. The third-order valence-corrected chi connectivity index (χ3v) is 5.01. The van der Waals surface area contributed by atoms with E-state index in [0.29, 0.717) is 16.5 Å². The van der Waals surface area contributed by atoms with E-state index in [9.17, 15) is 0 Å². The Balaban J connectivity index is 0.00000261. The summed E-state index contributed by atoms with van der Waals surface area (Å²) in [6.07, 6.45) is 0. The van der Waals surface area contributed by atoms with Crippen LogP contribution in [0.1, 0.15) is 17.2 Å². The lowest BCUT2D eigenvalue weighted by Gasteiger charge is -2.37. The van der Waals surface area contributed by atoms with E-state index in [0.717, 1.165) is 37.5 Å². The van der Waals surface area contributed by atoms with Crippen LogP contribution in [0.3, 0.4) is 0 Å². The molecule has 7 heteroatoms. The maximum absolute atomic E-state index is 6.38. The zero-order chi connectivity index (χ0) is 18.5. The average Bonchev–Trinajstić information content (AvgIpc) is 2.68. The molecule has 27 heavy (non-hydrogen) atoms. The summed E-state index contributed by atoms with van der Waals surface area (Å²) in [4.78, 5) is 2.44. The highest BCUT2D eigenvalue weighted by molar-refractivity contribution is 6.32. The van der Waals surface area contributed by atoms with Crippen LogP contribution in [-0.4, -0.2) is 45.9 Å². The molecule has 2 aromatic rings. The molecule has 1 N–H and O–H groups in total. The molecule has 0 radical (unpaired) electrons. The summed E-state index contributed by atoms with van der Waals surface area (Å²) in [7, 11) is 4.94. The molecule has 1 fully saturated rings. The lowest BCUT2D eigenvalue weighted by Crippen LogP contribution is -2.45. The van der Waals surface area contributed by atoms with Crippen LogP contribution in [0.5, 0.6) is 17.2 Å². The molecule has 1 saturated heterocycles. The lowest BCUT2D eigenvalue weighted by atomic mass is 10.0. The number of nitrogens with one attached hydrogen (secondary N) is 1. The van der Waals surface area contributed by atoms with Gasteiger partial charge in [-0.15, -0.1) is 12.4 Å². The molecule has 5 nitrogen and oxygen atoms in total. The number of hydrogen-bond acceptors (Lipinski definition) is 5. The first-order valence-electron chi connectivity index (χ1n) is 8.66. The standard InChI is InChI=1S/C20H25ClN2O3.ClH/c1-24-18-7-5-4-6-15(18)17-12-22-8-9-23(17)13-14-10-16(21)20(26-3)19(11-14)25-2;/h4-7,10-11,17,22H,8-9,12-13H2,1-3H3;1H. The smallest absolute Gasteiger partial charge is 0.179 e. The van der Waals surface area contributed by atoms with Gasteiger partial charge >= 0.3 is 0 Å². The molecule has 148 valence electrons. The van der Waals surface area contributed by atoms with E-state index in [1.165, 1.54) is 5.56 Å². The van der Waals surface area contributed by atoms with Crippen molar-refractivity contribution < 1.29 is 14.2 Å². The summed E-state index contributed by atoms with van der Waals surface area (Å²) in [6, 6.07) is 12.4. The van der Waals surface area contributed by atoms with Gasteiger partial charge in [0.25, 0.3) is 0 Å². The summed E-state index contributed by atoms with van der Waals surface area (Å²) in [5, 5.41) is 4.05. The fraction of sp³-hybridized carbons (Fsp3) is 0.400. The second-order valence-corrected chi connectivity index (χ2v) is 6.65. The molecule has 0 bridgehead atoms. The third-order valence-electron chi connectivity index (χ3n) is 4.73. The Labute approximate surface area is 172 Å². The minimum atomic E-state index is 0. The summed E-state index contributed by atoms with van der Waals surface area (Å²) < 4.78 is 16.3. The molecule has 0 spiro atoms. The van der Waals surface area contributed by atoms with Crippen molar-refractivity contribution in [3.63, 3.8) is 0 Å².